The summed E-state index contributed by atoms with van der Waals surface area (Å²) in [5, 5.41) is 9.28. The summed E-state index contributed by atoms with van der Waals surface area (Å²) in [4.78, 5) is 12.8. The molecule has 1 saturated carbocycles. The van der Waals surface area contributed by atoms with E-state index in [2.05, 4.69) is 30.0 Å². The second kappa shape index (κ2) is 8.75. The molecule has 1 N–H and O–H groups in total. The van der Waals surface area contributed by atoms with Gasteiger partial charge in [-0.2, -0.15) is 5.10 Å². The van der Waals surface area contributed by atoms with Crippen LogP contribution in [0, 0.1) is 18.8 Å². The summed E-state index contributed by atoms with van der Waals surface area (Å²) in [7, 11) is 0. The number of fused-ring (bicyclic) bond motifs is 1. The van der Waals surface area contributed by atoms with Crippen molar-refractivity contribution in [3.05, 3.63) is 29.5 Å². The van der Waals surface area contributed by atoms with Gasteiger partial charge in [-0.05, 0) is 88.6 Å². The normalized spacial score (nSPS) is 19.2. The number of hydrogen-bond donors (Lipinski definition) is 1. The molecule has 2 aromatic rings. The molecule has 1 aromatic heterocycles. The summed E-state index contributed by atoms with van der Waals surface area (Å²) >= 11 is 0. The first kappa shape index (κ1) is 19.6. The molecule has 5 nitrogen and oxygen atoms in total. The summed E-state index contributed by atoms with van der Waals surface area (Å²) in [6, 6.07) is 3.96. The third-order valence-electron chi connectivity index (χ3n) is 6.30. The molecule has 1 aliphatic carbocycles. The average Bonchev–Trinajstić information content (AvgIpc) is 3.44. The number of carbonyl (C=O) groups excluding carboxylic acids is 1. The molecule has 1 aromatic carbocycles. The fourth-order valence-corrected chi connectivity index (χ4v) is 4.14. The van der Waals surface area contributed by atoms with Crippen LogP contribution in [-0.4, -0.2) is 41.4 Å². The number of ether oxygens (including phenoxy) is 1. The average molecular weight is 384 g/mol. The van der Waals surface area contributed by atoms with E-state index in [-0.39, 0.29) is 11.9 Å². The Balaban J connectivity index is 1.39. The number of Topliss-reactive ketones (excluding diaryl/α,β-unsaturated/α-hetero) is 1. The Bertz CT molecular complexity index is 819. The Labute approximate surface area is 167 Å². The number of hydrogen-bond acceptors (Lipinski definition) is 4. The van der Waals surface area contributed by atoms with E-state index < -0.39 is 0 Å². The minimum absolute atomic E-state index is 0.154. The zero-order valence-electron chi connectivity index (χ0n) is 17.2. The van der Waals surface area contributed by atoms with Gasteiger partial charge in [-0.1, -0.05) is 0 Å². The molecule has 152 valence electrons. The molecule has 1 aliphatic heterocycles. The number of piperidine rings is 1. The predicted octanol–water partition coefficient (Wildman–Crippen LogP) is 4.12. The Kier molecular flexibility index (Phi) is 6.12. The van der Waals surface area contributed by atoms with Crippen molar-refractivity contribution >= 4 is 16.7 Å². The van der Waals surface area contributed by atoms with Crippen LogP contribution in [0.4, 0.5) is 0 Å². The van der Waals surface area contributed by atoms with Gasteiger partial charge in [-0.15, -0.1) is 0 Å². The number of nitrogens with zero attached hydrogens (tertiary/aromatic N) is 2. The Hall–Kier alpha value is -1.72. The number of ketones is 1. The Morgan fingerprint density at radius 3 is 2.79 bits per heavy atom. The molecule has 1 saturated heterocycles. The molecular formula is C23H33N3O2. The van der Waals surface area contributed by atoms with E-state index in [1.165, 1.54) is 25.7 Å². The van der Waals surface area contributed by atoms with E-state index in [9.17, 15) is 4.79 Å². The van der Waals surface area contributed by atoms with Crippen LogP contribution in [0.25, 0.3) is 10.9 Å². The summed E-state index contributed by atoms with van der Waals surface area (Å²) < 4.78 is 7.94. The number of rotatable bonds is 9. The standard InChI is InChI=1S/C23H33N3O2/c1-16(28-15-19-4-5-19)3-8-23(27)20-6-7-22-21(17(20)2)14-26(25-22)13-18-9-11-24-12-10-18/h6-7,14,16,18-19,24H,3-5,8-13,15H2,1-2H3. The SMILES string of the molecule is Cc1c(C(=O)CCC(C)OCC2CC2)ccc2nn(CC3CCNCC3)cc12. The molecular weight excluding hydrogens is 350 g/mol. The van der Waals surface area contributed by atoms with E-state index in [1.54, 1.807) is 0 Å². The van der Waals surface area contributed by atoms with Crippen molar-refractivity contribution in [2.24, 2.45) is 11.8 Å². The zero-order chi connectivity index (χ0) is 19.5. The fraction of sp³-hybridized carbons (Fsp3) is 0.652. The van der Waals surface area contributed by atoms with Crippen LogP contribution < -0.4 is 5.32 Å². The maximum atomic E-state index is 12.8. The van der Waals surface area contributed by atoms with Gasteiger partial charge in [0.1, 0.15) is 0 Å². The molecule has 2 aliphatic rings. The Morgan fingerprint density at radius 1 is 1.25 bits per heavy atom. The second-order valence-electron chi connectivity index (χ2n) is 8.76. The minimum Gasteiger partial charge on any atom is -0.378 e. The van der Waals surface area contributed by atoms with Crippen LogP contribution in [-0.2, 0) is 11.3 Å². The number of benzene rings is 1. The molecule has 2 fully saturated rings. The predicted molar refractivity (Wildman–Crippen MR) is 112 cm³/mol. The van der Waals surface area contributed by atoms with Crippen molar-refractivity contribution < 1.29 is 9.53 Å². The lowest BCUT2D eigenvalue weighted by atomic mass is 9.97. The fourth-order valence-electron chi connectivity index (χ4n) is 4.14. The summed E-state index contributed by atoms with van der Waals surface area (Å²) in [5.41, 5.74) is 2.89. The van der Waals surface area contributed by atoms with Crippen molar-refractivity contribution in [3.8, 4) is 0 Å². The molecule has 28 heavy (non-hydrogen) atoms. The largest absolute Gasteiger partial charge is 0.378 e. The van der Waals surface area contributed by atoms with Gasteiger partial charge >= 0.3 is 0 Å². The van der Waals surface area contributed by atoms with Crippen LogP contribution in [0.2, 0.25) is 0 Å². The first-order valence-corrected chi connectivity index (χ1v) is 10.9. The number of nitrogens with one attached hydrogen (secondary N) is 1. The van der Waals surface area contributed by atoms with Crippen molar-refractivity contribution in [2.45, 2.75) is 65.0 Å². The lowest BCUT2D eigenvalue weighted by molar-refractivity contribution is 0.0500. The van der Waals surface area contributed by atoms with Gasteiger partial charge < -0.3 is 10.1 Å². The Morgan fingerprint density at radius 2 is 2.04 bits per heavy atom. The molecule has 5 heteroatoms. The van der Waals surface area contributed by atoms with E-state index >= 15 is 0 Å². The number of aromatic nitrogens is 2. The monoisotopic (exact) mass is 383 g/mol. The van der Waals surface area contributed by atoms with Gasteiger partial charge in [-0.3, -0.25) is 9.48 Å². The topological polar surface area (TPSA) is 56.1 Å². The first-order chi connectivity index (χ1) is 13.6. The van der Waals surface area contributed by atoms with Crippen LogP contribution in [0.15, 0.2) is 18.3 Å². The zero-order valence-corrected chi connectivity index (χ0v) is 17.2. The van der Waals surface area contributed by atoms with Crippen LogP contribution in [0.1, 0.15) is 61.4 Å². The quantitative estimate of drug-likeness (QED) is 0.662. The lowest BCUT2D eigenvalue weighted by Crippen LogP contribution is -2.29. The maximum absolute atomic E-state index is 12.8. The van der Waals surface area contributed by atoms with Crippen molar-refractivity contribution in [3.63, 3.8) is 0 Å². The number of aryl methyl sites for hydroxylation is 1. The van der Waals surface area contributed by atoms with Crippen LogP contribution >= 0.6 is 0 Å². The molecule has 0 spiro atoms. The highest BCUT2D eigenvalue weighted by atomic mass is 16.5. The number of carbonyl (C=O) groups is 1. The second-order valence-corrected chi connectivity index (χ2v) is 8.76. The molecule has 1 atom stereocenters. The van der Waals surface area contributed by atoms with Gasteiger partial charge in [0, 0.05) is 36.7 Å². The van der Waals surface area contributed by atoms with Crippen LogP contribution in [0.5, 0.6) is 0 Å². The van der Waals surface area contributed by atoms with E-state index in [4.69, 9.17) is 9.84 Å². The van der Waals surface area contributed by atoms with Crippen molar-refractivity contribution in [2.75, 3.05) is 19.7 Å². The lowest BCUT2D eigenvalue weighted by Gasteiger charge is -2.22. The highest BCUT2D eigenvalue weighted by molar-refractivity contribution is 6.01. The smallest absolute Gasteiger partial charge is 0.163 e. The van der Waals surface area contributed by atoms with Gasteiger partial charge in [0.2, 0.25) is 0 Å². The molecule has 4 rings (SSSR count). The highest BCUT2D eigenvalue weighted by Crippen LogP contribution is 2.29. The third-order valence-corrected chi connectivity index (χ3v) is 6.30. The molecule has 1 unspecified atom stereocenters. The van der Waals surface area contributed by atoms with E-state index in [1.807, 2.05) is 12.1 Å². The summed E-state index contributed by atoms with van der Waals surface area (Å²) in [6.07, 6.45) is 8.64. The maximum Gasteiger partial charge on any atom is 0.163 e. The van der Waals surface area contributed by atoms with Crippen molar-refractivity contribution in [1.29, 1.82) is 0 Å². The van der Waals surface area contributed by atoms with Gasteiger partial charge in [0.15, 0.2) is 5.78 Å². The first-order valence-electron chi connectivity index (χ1n) is 10.9. The third kappa shape index (κ3) is 4.81. The van der Waals surface area contributed by atoms with Crippen LogP contribution in [0.3, 0.4) is 0 Å². The minimum atomic E-state index is 0.154. The molecule has 0 amide bonds. The van der Waals surface area contributed by atoms with Gasteiger partial charge in [0.25, 0.3) is 0 Å². The summed E-state index contributed by atoms with van der Waals surface area (Å²) in [5.74, 6) is 1.67. The van der Waals surface area contributed by atoms with E-state index in [0.717, 1.165) is 60.6 Å². The van der Waals surface area contributed by atoms with Crippen molar-refractivity contribution in [1.82, 2.24) is 15.1 Å². The van der Waals surface area contributed by atoms with Gasteiger partial charge in [-0.25, -0.2) is 0 Å². The molecule has 2 heterocycles. The molecule has 0 bridgehead atoms. The highest BCUT2D eigenvalue weighted by Gasteiger charge is 2.22. The summed E-state index contributed by atoms with van der Waals surface area (Å²) in [6.45, 7) is 8.17. The molecule has 0 radical (unpaired) electrons. The van der Waals surface area contributed by atoms with Gasteiger partial charge in [0.05, 0.1) is 11.6 Å². The van der Waals surface area contributed by atoms with E-state index in [0.29, 0.717) is 12.3 Å².